The fourth-order valence-corrected chi connectivity index (χ4v) is 3.18. The number of aliphatic hydroxyl groups is 2. The number of benzene rings is 1. The number of hydrogen-bond donors (Lipinski definition) is 4. The zero-order chi connectivity index (χ0) is 21.3. The van der Waals surface area contributed by atoms with E-state index in [-0.39, 0.29) is 18.4 Å². The van der Waals surface area contributed by atoms with Crippen LogP contribution in [0, 0.1) is 12.8 Å². The highest BCUT2D eigenvalue weighted by Gasteiger charge is 2.20. The molecule has 3 atom stereocenters. The maximum atomic E-state index is 12.1. The number of aliphatic hydroxyl groups excluding tert-OH is 2. The molecule has 0 heterocycles. The summed E-state index contributed by atoms with van der Waals surface area (Å²) in [5.41, 5.74) is 3.80. The van der Waals surface area contributed by atoms with Crippen LogP contribution in [0.3, 0.4) is 0 Å². The van der Waals surface area contributed by atoms with Gasteiger partial charge in [-0.1, -0.05) is 55.8 Å². The Morgan fingerprint density at radius 3 is 2.46 bits per heavy atom. The summed E-state index contributed by atoms with van der Waals surface area (Å²) in [6, 6.07) is 4.92. The van der Waals surface area contributed by atoms with E-state index in [2.05, 4.69) is 30.4 Å². The number of carbonyl (C=O) groups is 2. The Bertz CT molecular complexity index is 738. The van der Waals surface area contributed by atoms with E-state index >= 15 is 0 Å². The van der Waals surface area contributed by atoms with Gasteiger partial charge in [0, 0.05) is 5.57 Å². The van der Waals surface area contributed by atoms with Gasteiger partial charge in [-0.15, -0.1) is 0 Å². The van der Waals surface area contributed by atoms with Gasteiger partial charge in [0.25, 0.3) is 0 Å². The fraction of sp³-hybridized carbons (Fsp3) is 0.455. The molecule has 28 heavy (non-hydrogen) atoms. The highest BCUT2D eigenvalue weighted by atomic mass is 16.4. The van der Waals surface area contributed by atoms with Crippen molar-refractivity contribution >= 4 is 18.0 Å². The molecule has 0 bridgehead atoms. The molecule has 154 valence electrons. The van der Waals surface area contributed by atoms with Crippen molar-refractivity contribution in [1.82, 2.24) is 5.32 Å². The number of allylic oxidation sites excluding steroid dienone is 1. The highest BCUT2D eigenvalue weighted by Crippen LogP contribution is 2.28. The number of rotatable bonds is 10. The molecule has 0 saturated heterocycles. The topological polar surface area (TPSA) is 107 Å². The third-order valence-corrected chi connectivity index (χ3v) is 4.58. The second-order valence-corrected chi connectivity index (χ2v) is 7.23. The summed E-state index contributed by atoms with van der Waals surface area (Å²) >= 11 is 0. The first-order valence-corrected chi connectivity index (χ1v) is 9.40. The van der Waals surface area contributed by atoms with E-state index < -0.39 is 24.5 Å². The Hall–Kier alpha value is -2.44. The second-order valence-electron chi connectivity index (χ2n) is 7.23. The van der Waals surface area contributed by atoms with Crippen LogP contribution >= 0.6 is 0 Å². The van der Waals surface area contributed by atoms with Crippen molar-refractivity contribution in [2.24, 2.45) is 5.92 Å². The SMILES string of the molecule is CC(=CC(C)CC(C)c1ccc(C)cc1C=CCO)C(=O)NC(CO)C(=O)O. The van der Waals surface area contributed by atoms with Crippen LogP contribution in [0.1, 0.15) is 49.8 Å². The molecular formula is C22H31NO5. The number of aryl methyl sites for hydroxylation is 1. The Balaban J connectivity index is 2.85. The van der Waals surface area contributed by atoms with Gasteiger partial charge >= 0.3 is 5.97 Å². The van der Waals surface area contributed by atoms with Crippen molar-refractivity contribution in [2.75, 3.05) is 13.2 Å². The first kappa shape index (κ1) is 23.6. The maximum absolute atomic E-state index is 12.1. The molecule has 1 amide bonds. The van der Waals surface area contributed by atoms with Gasteiger partial charge < -0.3 is 20.6 Å². The van der Waals surface area contributed by atoms with Crippen molar-refractivity contribution in [3.05, 3.63) is 52.6 Å². The van der Waals surface area contributed by atoms with Crippen molar-refractivity contribution in [1.29, 1.82) is 0 Å². The predicted molar refractivity (Wildman–Crippen MR) is 110 cm³/mol. The number of amides is 1. The quantitative estimate of drug-likeness (QED) is 0.460. The monoisotopic (exact) mass is 389 g/mol. The number of carboxylic acid groups (broad SMARTS) is 1. The molecule has 6 heteroatoms. The Kier molecular flexibility index (Phi) is 9.62. The fourth-order valence-electron chi connectivity index (χ4n) is 3.18. The van der Waals surface area contributed by atoms with Gasteiger partial charge in [-0.3, -0.25) is 4.79 Å². The van der Waals surface area contributed by atoms with E-state index in [1.165, 1.54) is 5.56 Å². The average molecular weight is 389 g/mol. The molecule has 0 aliphatic heterocycles. The normalized spacial score (nSPS) is 15.3. The highest BCUT2D eigenvalue weighted by molar-refractivity contribution is 5.95. The lowest BCUT2D eigenvalue weighted by Gasteiger charge is -2.19. The molecule has 0 aliphatic rings. The smallest absolute Gasteiger partial charge is 0.328 e. The predicted octanol–water partition coefficient (Wildman–Crippen LogP) is 2.64. The lowest BCUT2D eigenvalue weighted by atomic mass is 9.87. The van der Waals surface area contributed by atoms with Gasteiger partial charge in [-0.25, -0.2) is 4.79 Å². The third-order valence-electron chi connectivity index (χ3n) is 4.58. The van der Waals surface area contributed by atoms with Crippen LogP contribution in [0.2, 0.25) is 0 Å². The second kappa shape index (κ2) is 11.4. The zero-order valence-electron chi connectivity index (χ0n) is 17.0. The average Bonchev–Trinajstić information content (AvgIpc) is 2.63. The largest absolute Gasteiger partial charge is 0.480 e. The number of carbonyl (C=O) groups excluding carboxylic acids is 1. The molecule has 0 saturated carbocycles. The number of carboxylic acids is 1. The molecule has 0 spiro atoms. The van der Waals surface area contributed by atoms with Crippen LogP contribution in [0.4, 0.5) is 0 Å². The molecule has 1 aromatic rings. The van der Waals surface area contributed by atoms with E-state index in [0.717, 1.165) is 17.5 Å². The lowest BCUT2D eigenvalue weighted by molar-refractivity contribution is -0.142. The molecule has 0 radical (unpaired) electrons. The molecule has 0 aliphatic carbocycles. The number of aliphatic carboxylic acids is 1. The Morgan fingerprint density at radius 1 is 1.21 bits per heavy atom. The van der Waals surface area contributed by atoms with Gasteiger partial charge in [0.2, 0.25) is 5.91 Å². The first-order chi connectivity index (χ1) is 13.2. The lowest BCUT2D eigenvalue weighted by Crippen LogP contribution is -2.43. The minimum atomic E-state index is -1.31. The van der Waals surface area contributed by atoms with Crippen molar-refractivity contribution < 1.29 is 24.9 Å². The molecular weight excluding hydrogens is 358 g/mol. The van der Waals surface area contributed by atoms with Crippen LogP contribution in [0.5, 0.6) is 0 Å². The summed E-state index contributed by atoms with van der Waals surface area (Å²) < 4.78 is 0. The summed E-state index contributed by atoms with van der Waals surface area (Å²) in [6.45, 7) is 7.11. The standard InChI is InChI=1S/C22H31NO5/c1-14-7-8-19(18(12-14)6-5-9-24)16(3)10-15(2)11-17(4)21(26)23-20(13-25)22(27)28/h5-8,11-12,15-16,20,24-25H,9-10,13H2,1-4H3,(H,23,26)(H,27,28). The van der Waals surface area contributed by atoms with Gasteiger partial charge in [-0.2, -0.15) is 0 Å². The van der Waals surface area contributed by atoms with Crippen LogP contribution in [0.25, 0.3) is 6.08 Å². The summed E-state index contributed by atoms with van der Waals surface area (Å²) in [5, 5.41) is 29.3. The van der Waals surface area contributed by atoms with E-state index in [1.807, 2.05) is 26.0 Å². The molecule has 3 unspecified atom stereocenters. The minimum Gasteiger partial charge on any atom is -0.480 e. The van der Waals surface area contributed by atoms with E-state index in [0.29, 0.717) is 5.57 Å². The Morgan fingerprint density at radius 2 is 1.89 bits per heavy atom. The van der Waals surface area contributed by atoms with Crippen molar-refractivity contribution in [2.45, 2.75) is 46.1 Å². The van der Waals surface area contributed by atoms with Crippen LogP contribution in [-0.2, 0) is 9.59 Å². The van der Waals surface area contributed by atoms with Crippen molar-refractivity contribution in [3.63, 3.8) is 0 Å². The van der Waals surface area contributed by atoms with Crippen molar-refractivity contribution in [3.8, 4) is 0 Å². The zero-order valence-corrected chi connectivity index (χ0v) is 17.0. The first-order valence-electron chi connectivity index (χ1n) is 9.40. The number of hydrogen-bond acceptors (Lipinski definition) is 4. The molecule has 0 aromatic heterocycles. The summed E-state index contributed by atoms with van der Waals surface area (Å²) in [7, 11) is 0. The summed E-state index contributed by atoms with van der Waals surface area (Å²) in [6.07, 6.45) is 6.25. The minimum absolute atomic E-state index is 0.0135. The van der Waals surface area contributed by atoms with Crippen LogP contribution in [-0.4, -0.2) is 46.5 Å². The van der Waals surface area contributed by atoms with Gasteiger partial charge in [-0.05, 0) is 43.2 Å². The molecule has 1 aromatic carbocycles. The van der Waals surface area contributed by atoms with Gasteiger partial charge in [0.05, 0.1) is 13.2 Å². The maximum Gasteiger partial charge on any atom is 0.328 e. The third kappa shape index (κ3) is 7.29. The molecule has 1 rings (SSSR count). The van der Waals surface area contributed by atoms with Crippen LogP contribution < -0.4 is 5.32 Å². The van der Waals surface area contributed by atoms with Crippen LogP contribution in [0.15, 0.2) is 35.9 Å². The van der Waals surface area contributed by atoms with E-state index in [1.54, 1.807) is 13.0 Å². The summed E-state index contributed by atoms with van der Waals surface area (Å²) in [5.74, 6) is -1.45. The van der Waals surface area contributed by atoms with E-state index in [9.17, 15) is 9.59 Å². The Labute approximate surface area is 166 Å². The van der Waals surface area contributed by atoms with E-state index in [4.69, 9.17) is 15.3 Å². The number of nitrogens with one attached hydrogen (secondary N) is 1. The van der Waals surface area contributed by atoms with Gasteiger partial charge in [0.15, 0.2) is 6.04 Å². The summed E-state index contributed by atoms with van der Waals surface area (Å²) in [4.78, 5) is 23.1. The molecule has 0 fully saturated rings. The van der Waals surface area contributed by atoms with Gasteiger partial charge in [0.1, 0.15) is 0 Å². The molecule has 4 N–H and O–H groups in total. The molecule has 6 nitrogen and oxygen atoms in total.